The Morgan fingerprint density at radius 2 is 2.12 bits per heavy atom. The highest BCUT2D eigenvalue weighted by Crippen LogP contribution is 2.37. The van der Waals surface area contributed by atoms with E-state index in [1.54, 1.807) is 19.5 Å². The molecule has 0 radical (unpaired) electrons. The van der Waals surface area contributed by atoms with Gasteiger partial charge in [-0.2, -0.15) is 0 Å². The van der Waals surface area contributed by atoms with Gasteiger partial charge in [0, 0.05) is 61.7 Å². The van der Waals surface area contributed by atoms with E-state index in [4.69, 9.17) is 14.5 Å². The maximum absolute atomic E-state index is 10.1. The van der Waals surface area contributed by atoms with Crippen LogP contribution in [0.4, 0.5) is 22.9 Å². The zero-order valence-electron chi connectivity index (χ0n) is 18.9. The third-order valence-electron chi connectivity index (χ3n) is 6.02. The van der Waals surface area contributed by atoms with Crippen molar-refractivity contribution >= 4 is 28.5 Å². The zero-order valence-corrected chi connectivity index (χ0v) is 18.9. The summed E-state index contributed by atoms with van der Waals surface area (Å²) in [4.78, 5) is 15.9. The lowest BCUT2D eigenvalue weighted by Crippen LogP contribution is -2.60. The second-order valence-electron chi connectivity index (χ2n) is 8.85. The predicted molar refractivity (Wildman–Crippen MR) is 129 cm³/mol. The van der Waals surface area contributed by atoms with Crippen LogP contribution in [0, 0.1) is 0 Å². The van der Waals surface area contributed by atoms with E-state index in [-0.39, 0.29) is 0 Å². The van der Waals surface area contributed by atoms with E-state index in [1.165, 1.54) is 0 Å². The number of hydrogen-bond acceptors (Lipinski definition) is 9. The minimum atomic E-state index is -0.661. The maximum atomic E-state index is 10.1. The standard InChI is InChI=1S/C24H25N7O3/c1-24(32)13-31(14-24)19-4-3-16(10-20(19)33-2)28-21-22-26-5-7-30(22)12-18(29-21)15-9-17-23(27-11-15)34-8-6-25-17/h3-5,7,9-12,25,32H,6,8,13-14H2,1-2H3,(H,28,29). The van der Waals surface area contributed by atoms with E-state index < -0.39 is 5.60 Å². The van der Waals surface area contributed by atoms with Crippen molar-refractivity contribution in [1.29, 1.82) is 0 Å². The molecule has 2 aliphatic rings. The first-order valence-electron chi connectivity index (χ1n) is 11.1. The molecule has 0 atom stereocenters. The molecule has 6 rings (SSSR count). The van der Waals surface area contributed by atoms with Crippen LogP contribution in [-0.4, -0.2) is 63.4 Å². The lowest BCUT2D eigenvalue weighted by atomic mass is 9.96. The molecule has 4 aromatic rings. The van der Waals surface area contributed by atoms with Crippen molar-refractivity contribution < 1.29 is 14.6 Å². The quantitative estimate of drug-likeness (QED) is 0.415. The molecule has 3 N–H and O–H groups in total. The first-order valence-corrected chi connectivity index (χ1v) is 11.1. The van der Waals surface area contributed by atoms with Crippen molar-refractivity contribution in [2.24, 2.45) is 0 Å². The summed E-state index contributed by atoms with van der Waals surface area (Å²) in [6, 6.07) is 7.89. The molecule has 0 bridgehead atoms. The molecule has 0 unspecified atom stereocenters. The van der Waals surface area contributed by atoms with Crippen molar-refractivity contribution in [3.63, 3.8) is 0 Å². The summed E-state index contributed by atoms with van der Waals surface area (Å²) >= 11 is 0. The number of hydrogen-bond donors (Lipinski definition) is 3. The maximum Gasteiger partial charge on any atom is 0.237 e. The molecule has 1 fully saturated rings. The first kappa shape index (κ1) is 20.5. The fraction of sp³-hybridized carbons (Fsp3) is 0.292. The van der Waals surface area contributed by atoms with Crippen LogP contribution < -0.4 is 25.0 Å². The fourth-order valence-corrected chi connectivity index (χ4v) is 4.42. The monoisotopic (exact) mass is 459 g/mol. The van der Waals surface area contributed by atoms with Crippen molar-refractivity contribution in [3.05, 3.63) is 49.1 Å². The van der Waals surface area contributed by atoms with Crippen LogP contribution >= 0.6 is 0 Å². The normalized spacial score (nSPS) is 16.3. The Bertz CT molecular complexity index is 1380. The molecule has 5 heterocycles. The number of anilines is 4. The zero-order chi connectivity index (χ0) is 23.3. The lowest BCUT2D eigenvalue weighted by Gasteiger charge is -2.46. The largest absolute Gasteiger partial charge is 0.495 e. The smallest absolute Gasteiger partial charge is 0.237 e. The van der Waals surface area contributed by atoms with Gasteiger partial charge in [-0.1, -0.05) is 0 Å². The molecule has 174 valence electrons. The third kappa shape index (κ3) is 3.61. The SMILES string of the molecule is COc1cc(Nc2nc(-c3cnc4c(c3)NCCO4)cn3ccnc23)ccc1N1CC(C)(O)C1. The number of methoxy groups -OCH3 is 1. The Morgan fingerprint density at radius 3 is 2.94 bits per heavy atom. The summed E-state index contributed by atoms with van der Waals surface area (Å²) in [7, 11) is 1.65. The lowest BCUT2D eigenvalue weighted by molar-refractivity contribution is 0.0308. The molecule has 2 aliphatic heterocycles. The number of aliphatic hydroxyl groups is 1. The number of β-amino-alcohol motifs (C(OH)–C–C–N with tert-alkyl or cyclic N) is 1. The number of aromatic nitrogens is 4. The van der Waals surface area contributed by atoms with Crippen molar-refractivity contribution in [1.82, 2.24) is 19.4 Å². The van der Waals surface area contributed by atoms with E-state index in [0.29, 0.717) is 37.0 Å². The van der Waals surface area contributed by atoms with Crippen LogP contribution in [-0.2, 0) is 0 Å². The number of ether oxygens (including phenoxy) is 2. The summed E-state index contributed by atoms with van der Waals surface area (Å²) in [5.41, 5.74) is 4.29. The van der Waals surface area contributed by atoms with Gasteiger partial charge in [0.2, 0.25) is 5.88 Å². The van der Waals surface area contributed by atoms with Crippen LogP contribution in [0.2, 0.25) is 0 Å². The Kier molecular flexibility index (Phi) is 4.70. The van der Waals surface area contributed by atoms with Gasteiger partial charge in [0.1, 0.15) is 12.4 Å². The van der Waals surface area contributed by atoms with Gasteiger partial charge in [0.25, 0.3) is 0 Å². The molecule has 0 spiro atoms. The average Bonchev–Trinajstić information content (AvgIpc) is 3.31. The Balaban J connectivity index is 1.34. The van der Waals surface area contributed by atoms with Gasteiger partial charge in [0.15, 0.2) is 11.5 Å². The molecule has 1 saturated heterocycles. The van der Waals surface area contributed by atoms with Gasteiger partial charge in [-0.15, -0.1) is 0 Å². The number of benzene rings is 1. The second-order valence-corrected chi connectivity index (χ2v) is 8.85. The average molecular weight is 460 g/mol. The van der Waals surface area contributed by atoms with Gasteiger partial charge in [-0.3, -0.25) is 0 Å². The van der Waals surface area contributed by atoms with Crippen molar-refractivity contribution in [3.8, 4) is 22.9 Å². The molecule has 10 heteroatoms. The summed E-state index contributed by atoms with van der Waals surface area (Å²) in [6.07, 6.45) is 7.32. The molecule has 1 aromatic carbocycles. The second kappa shape index (κ2) is 7.77. The van der Waals surface area contributed by atoms with E-state index in [9.17, 15) is 5.11 Å². The van der Waals surface area contributed by atoms with E-state index in [0.717, 1.165) is 40.6 Å². The van der Waals surface area contributed by atoms with Gasteiger partial charge in [0.05, 0.1) is 29.8 Å². The number of imidazole rings is 1. The minimum absolute atomic E-state index is 0.573. The molecule has 34 heavy (non-hydrogen) atoms. The van der Waals surface area contributed by atoms with E-state index in [1.807, 2.05) is 48.0 Å². The minimum Gasteiger partial charge on any atom is -0.495 e. The topological polar surface area (TPSA) is 109 Å². The summed E-state index contributed by atoms with van der Waals surface area (Å²) in [5, 5.41) is 16.8. The molecule has 0 amide bonds. The van der Waals surface area contributed by atoms with E-state index >= 15 is 0 Å². The number of pyridine rings is 1. The summed E-state index contributed by atoms with van der Waals surface area (Å²) in [5.74, 6) is 1.94. The molecular formula is C24H25N7O3. The number of fused-ring (bicyclic) bond motifs is 2. The number of nitrogens with one attached hydrogen (secondary N) is 2. The van der Waals surface area contributed by atoms with Crippen LogP contribution in [0.5, 0.6) is 11.6 Å². The van der Waals surface area contributed by atoms with Gasteiger partial charge in [-0.05, 0) is 25.1 Å². The Labute approximate surface area is 196 Å². The molecular weight excluding hydrogens is 434 g/mol. The number of nitrogens with zero attached hydrogens (tertiary/aromatic N) is 5. The molecule has 3 aromatic heterocycles. The summed E-state index contributed by atoms with van der Waals surface area (Å²) < 4.78 is 13.2. The third-order valence-corrected chi connectivity index (χ3v) is 6.02. The Hall–Kier alpha value is -4.05. The fourth-order valence-electron chi connectivity index (χ4n) is 4.42. The highest BCUT2D eigenvalue weighted by molar-refractivity contribution is 5.77. The highest BCUT2D eigenvalue weighted by atomic mass is 16.5. The molecule has 0 aliphatic carbocycles. The number of rotatable bonds is 5. The van der Waals surface area contributed by atoms with Crippen molar-refractivity contribution in [2.45, 2.75) is 12.5 Å². The van der Waals surface area contributed by atoms with Gasteiger partial charge in [-0.25, -0.2) is 15.0 Å². The van der Waals surface area contributed by atoms with Crippen LogP contribution in [0.15, 0.2) is 49.1 Å². The Morgan fingerprint density at radius 1 is 1.24 bits per heavy atom. The molecule has 0 saturated carbocycles. The van der Waals surface area contributed by atoms with E-state index in [2.05, 4.69) is 25.5 Å². The van der Waals surface area contributed by atoms with Crippen LogP contribution in [0.1, 0.15) is 6.92 Å². The van der Waals surface area contributed by atoms with Gasteiger partial charge < -0.3 is 34.5 Å². The molecule has 10 nitrogen and oxygen atoms in total. The summed E-state index contributed by atoms with van der Waals surface area (Å²) in [6.45, 7) is 4.32. The van der Waals surface area contributed by atoms with Gasteiger partial charge >= 0.3 is 0 Å². The van der Waals surface area contributed by atoms with Crippen LogP contribution in [0.3, 0.4) is 0 Å². The predicted octanol–water partition coefficient (Wildman–Crippen LogP) is 2.92. The first-order chi connectivity index (χ1) is 16.5. The van der Waals surface area contributed by atoms with Crippen LogP contribution in [0.25, 0.3) is 16.9 Å². The van der Waals surface area contributed by atoms with Crippen molar-refractivity contribution in [2.75, 3.05) is 48.9 Å². The highest BCUT2D eigenvalue weighted by Gasteiger charge is 2.37.